The van der Waals surface area contributed by atoms with Crippen molar-refractivity contribution in [3.63, 3.8) is 0 Å². The number of halogens is 2. The molecule has 1 N–H and O–H groups in total. The normalized spacial score (nSPS) is 12.4. The standard InChI is InChI=1S/C13H11FINO2/c1-8(9-3-2-4-10(14)5-9)16-7-11(15)6-12(16)13(17)18/h2-8H,1H3,(H,17,18). The van der Waals surface area contributed by atoms with E-state index >= 15 is 0 Å². The molecule has 0 aliphatic heterocycles. The number of aromatic nitrogens is 1. The van der Waals surface area contributed by atoms with Crippen LogP contribution in [0.2, 0.25) is 0 Å². The number of hydrogen-bond acceptors (Lipinski definition) is 1. The van der Waals surface area contributed by atoms with Crippen LogP contribution in [0.5, 0.6) is 0 Å². The number of aromatic carboxylic acids is 1. The predicted octanol–water partition coefficient (Wildman–Crippen LogP) is 3.54. The minimum Gasteiger partial charge on any atom is -0.477 e. The Hall–Kier alpha value is -1.37. The van der Waals surface area contributed by atoms with Crippen LogP contribution in [0.3, 0.4) is 0 Å². The number of benzene rings is 1. The van der Waals surface area contributed by atoms with Crippen molar-refractivity contribution in [2.45, 2.75) is 13.0 Å². The molecule has 0 bridgehead atoms. The highest BCUT2D eigenvalue weighted by Crippen LogP contribution is 2.23. The van der Waals surface area contributed by atoms with E-state index in [0.29, 0.717) is 0 Å². The fraction of sp³-hybridized carbons (Fsp3) is 0.154. The second kappa shape index (κ2) is 5.09. The summed E-state index contributed by atoms with van der Waals surface area (Å²) in [5, 5.41) is 9.13. The molecule has 0 fully saturated rings. The minimum atomic E-state index is -0.985. The second-order valence-electron chi connectivity index (χ2n) is 3.99. The third-order valence-electron chi connectivity index (χ3n) is 2.78. The van der Waals surface area contributed by atoms with Crippen LogP contribution in [0.15, 0.2) is 36.5 Å². The highest BCUT2D eigenvalue weighted by atomic mass is 127. The molecular formula is C13H11FINO2. The van der Waals surface area contributed by atoms with Crippen LogP contribution in [-0.2, 0) is 0 Å². The summed E-state index contributed by atoms with van der Waals surface area (Å²) in [6.07, 6.45) is 1.75. The molecule has 1 heterocycles. The summed E-state index contributed by atoms with van der Waals surface area (Å²) >= 11 is 2.06. The van der Waals surface area contributed by atoms with E-state index in [2.05, 4.69) is 22.6 Å². The molecule has 2 aromatic rings. The summed E-state index contributed by atoms with van der Waals surface area (Å²) < 4.78 is 15.7. The van der Waals surface area contributed by atoms with Crippen LogP contribution < -0.4 is 0 Å². The highest BCUT2D eigenvalue weighted by Gasteiger charge is 2.17. The molecule has 94 valence electrons. The van der Waals surface area contributed by atoms with Gasteiger partial charge in [0.2, 0.25) is 0 Å². The molecule has 1 aromatic heterocycles. The van der Waals surface area contributed by atoms with Crippen molar-refractivity contribution in [2.75, 3.05) is 0 Å². The van der Waals surface area contributed by atoms with Crippen molar-refractivity contribution < 1.29 is 14.3 Å². The molecule has 0 saturated heterocycles. The Bertz CT molecular complexity index is 594. The number of nitrogens with zero attached hydrogens (tertiary/aromatic N) is 1. The molecule has 5 heteroatoms. The van der Waals surface area contributed by atoms with E-state index in [1.54, 1.807) is 29.0 Å². The number of carbonyl (C=O) groups is 1. The van der Waals surface area contributed by atoms with Crippen molar-refractivity contribution in [2.24, 2.45) is 0 Å². The molecule has 0 amide bonds. The van der Waals surface area contributed by atoms with Gasteiger partial charge < -0.3 is 9.67 Å². The fourth-order valence-corrected chi connectivity index (χ4v) is 2.46. The monoisotopic (exact) mass is 359 g/mol. The summed E-state index contributed by atoms with van der Waals surface area (Å²) in [6, 6.07) is 7.56. The van der Waals surface area contributed by atoms with Crippen LogP contribution in [0, 0.1) is 9.39 Å². The molecule has 1 atom stereocenters. The lowest BCUT2D eigenvalue weighted by Crippen LogP contribution is -2.13. The zero-order chi connectivity index (χ0) is 13.3. The molecule has 0 aliphatic carbocycles. The number of carboxylic acid groups (broad SMARTS) is 1. The van der Waals surface area contributed by atoms with E-state index < -0.39 is 5.97 Å². The maximum Gasteiger partial charge on any atom is 0.352 e. The van der Waals surface area contributed by atoms with Crippen LogP contribution in [0.4, 0.5) is 4.39 Å². The second-order valence-corrected chi connectivity index (χ2v) is 5.23. The van der Waals surface area contributed by atoms with E-state index in [4.69, 9.17) is 5.11 Å². The van der Waals surface area contributed by atoms with Crippen molar-refractivity contribution in [3.05, 3.63) is 57.2 Å². The van der Waals surface area contributed by atoms with Crippen molar-refractivity contribution in [1.29, 1.82) is 0 Å². The van der Waals surface area contributed by atoms with Gasteiger partial charge in [0.1, 0.15) is 11.5 Å². The van der Waals surface area contributed by atoms with Gasteiger partial charge in [-0.25, -0.2) is 9.18 Å². The lowest BCUT2D eigenvalue weighted by Gasteiger charge is -2.16. The van der Waals surface area contributed by atoms with Gasteiger partial charge in [-0.1, -0.05) is 12.1 Å². The van der Waals surface area contributed by atoms with E-state index in [1.165, 1.54) is 12.1 Å². The quantitative estimate of drug-likeness (QED) is 0.852. The molecule has 18 heavy (non-hydrogen) atoms. The van der Waals surface area contributed by atoms with Gasteiger partial charge in [0.05, 0.1) is 6.04 Å². The van der Waals surface area contributed by atoms with Gasteiger partial charge >= 0.3 is 5.97 Å². The number of rotatable bonds is 3. The van der Waals surface area contributed by atoms with Gasteiger partial charge in [-0.2, -0.15) is 0 Å². The summed E-state index contributed by atoms with van der Waals surface area (Å²) in [6.45, 7) is 1.84. The highest BCUT2D eigenvalue weighted by molar-refractivity contribution is 14.1. The smallest absolute Gasteiger partial charge is 0.352 e. The minimum absolute atomic E-state index is 0.205. The van der Waals surface area contributed by atoms with Gasteiger partial charge in [-0.05, 0) is 53.3 Å². The van der Waals surface area contributed by atoms with E-state index in [1.807, 2.05) is 6.92 Å². The van der Waals surface area contributed by atoms with Crippen LogP contribution in [-0.4, -0.2) is 15.6 Å². The number of hydrogen-bond donors (Lipinski definition) is 1. The third-order valence-corrected chi connectivity index (χ3v) is 3.37. The Morgan fingerprint density at radius 1 is 1.44 bits per heavy atom. The zero-order valence-corrected chi connectivity index (χ0v) is 11.8. The van der Waals surface area contributed by atoms with Crippen LogP contribution in [0.25, 0.3) is 0 Å². The Kier molecular flexibility index (Phi) is 3.70. The first-order valence-corrected chi connectivity index (χ1v) is 6.43. The molecule has 0 saturated carbocycles. The van der Waals surface area contributed by atoms with Crippen LogP contribution >= 0.6 is 22.6 Å². The summed E-state index contributed by atoms with van der Waals surface area (Å²) in [5.41, 5.74) is 0.945. The van der Waals surface area contributed by atoms with Crippen molar-refractivity contribution in [3.8, 4) is 0 Å². The SMILES string of the molecule is CC(c1cccc(F)c1)n1cc(I)cc1C(=O)O. The van der Waals surface area contributed by atoms with Gasteiger partial charge in [0.15, 0.2) is 0 Å². The molecule has 3 nitrogen and oxygen atoms in total. The van der Waals surface area contributed by atoms with Gasteiger partial charge in [0, 0.05) is 9.77 Å². The first-order chi connectivity index (χ1) is 8.49. The van der Waals surface area contributed by atoms with Crippen molar-refractivity contribution in [1.82, 2.24) is 4.57 Å². The molecular weight excluding hydrogens is 348 g/mol. The Labute approximate surface area is 117 Å². The number of carboxylic acids is 1. The van der Waals surface area contributed by atoms with Crippen molar-refractivity contribution >= 4 is 28.6 Å². The lowest BCUT2D eigenvalue weighted by atomic mass is 10.1. The zero-order valence-electron chi connectivity index (χ0n) is 9.60. The molecule has 1 unspecified atom stereocenters. The Morgan fingerprint density at radius 3 is 2.78 bits per heavy atom. The summed E-state index contributed by atoms with van der Waals surface area (Å²) in [7, 11) is 0. The fourth-order valence-electron chi connectivity index (χ4n) is 1.86. The maximum absolute atomic E-state index is 13.2. The molecule has 0 radical (unpaired) electrons. The third kappa shape index (κ3) is 2.55. The summed E-state index contributed by atoms with van der Waals surface area (Å²) in [4.78, 5) is 11.1. The van der Waals surface area contributed by atoms with Gasteiger partial charge in [-0.15, -0.1) is 0 Å². The van der Waals surface area contributed by atoms with Gasteiger partial charge in [-0.3, -0.25) is 0 Å². The first-order valence-electron chi connectivity index (χ1n) is 5.35. The van der Waals surface area contributed by atoms with E-state index in [0.717, 1.165) is 9.13 Å². The van der Waals surface area contributed by atoms with E-state index in [9.17, 15) is 9.18 Å². The topological polar surface area (TPSA) is 42.2 Å². The predicted molar refractivity (Wildman–Crippen MR) is 74.3 cm³/mol. The maximum atomic E-state index is 13.2. The average molecular weight is 359 g/mol. The van der Waals surface area contributed by atoms with E-state index in [-0.39, 0.29) is 17.6 Å². The van der Waals surface area contributed by atoms with Gasteiger partial charge in [0.25, 0.3) is 0 Å². The largest absolute Gasteiger partial charge is 0.477 e. The average Bonchev–Trinajstić information content (AvgIpc) is 2.70. The molecule has 0 spiro atoms. The molecule has 1 aromatic carbocycles. The lowest BCUT2D eigenvalue weighted by molar-refractivity contribution is 0.0684. The van der Waals surface area contributed by atoms with Crippen LogP contribution in [0.1, 0.15) is 29.0 Å². The molecule has 0 aliphatic rings. The Morgan fingerprint density at radius 2 is 2.17 bits per heavy atom. The molecule has 2 rings (SSSR count). The Balaban J connectivity index is 2.45. The first kappa shape index (κ1) is 13.1. The summed E-state index contributed by atoms with van der Waals surface area (Å²) in [5.74, 6) is -1.31.